The first-order chi connectivity index (χ1) is 13.9. The first kappa shape index (κ1) is 20.2. The van der Waals surface area contributed by atoms with Crippen LogP contribution < -0.4 is 20.7 Å². The highest BCUT2D eigenvalue weighted by molar-refractivity contribution is 7.89. The van der Waals surface area contributed by atoms with E-state index >= 15 is 0 Å². The van der Waals surface area contributed by atoms with E-state index in [2.05, 4.69) is 30.6 Å². The Morgan fingerprint density at radius 3 is 2.34 bits per heavy atom. The number of benzene rings is 2. The number of hydrogen-bond donors (Lipinski definition) is 4. The summed E-state index contributed by atoms with van der Waals surface area (Å²) in [6.07, 6.45) is 1.59. The minimum absolute atomic E-state index is 0.155. The number of carbonyl (C=O) groups excluding carboxylic acids is 1. The fraction of sp³-hybridized carbons (Fsp3) is 0.105. The number of aromatic nitrogens is 2. The van der Waals surface area contributed by atoms with E-state index in [-0.39, 0.29) is 10.8 Å². The zero-order valence-electron chi connectivity index (χ0n) is 15.8. The third-order valence-corrected chi connectivity index (χ3v) is 5.23. The average molecular weight is 412 g/mol. The van der Waals surface area contributed by atoms with Gasteiger partial charge in [0.15, 0.2) is 0 Å². The van der Waals surface area contributed by atoms with Crippen LogP contribution in [-0.2, 0) is 14.8 Å². The number of anilines is 5. The third kappa shape index (κ3) is 5.50. The van der Waals surface area contributed by atoms with Gasteiger partial charge in [0.1, 0.15) is 5.82 Å². The lowest BCUT2D eigenvalue weighted by molar-refractivity contribution is -0.114. The van der Waals surface area contributed by atoms with Gasteiger partial charge in [-0.25, -0.2) is 18.1 Å². The van der Waals surface area contributed by atoms with Gasteiger partial charge in [0, 0.05) is 30.2 Å². The van der Waals surface area contributed by atoms with Crippen LogP contribution in [0.2, 0.25) is 0 Å². The highest BCUT2D eigenvalue weighted by atomic mass is 32.2. The molecule has 0 unspecified atom stereocenters. The summed E-state index contributed by atoms with van der Waals surface area (Å²) in [6, 6.07) is 15.2. The number of sulfonamides is 1. The number of hydrogen-bond acceptors (Lipinski definition) is 7. The number of carbonyl (C=O) groups is 1. The van der Waals surface area contributed by atoms with Gasteiger partial charge in [0.2, 0.25) is 21.9 Å². The Morgan fingerprint density at radius 1 is 0.931 bits per heavy atom. The van der Waals surface area contributed by atoms with Crippen LogP contribution in [0, 0.1) is 0 Å². The molecule has 0 radical (unpaired) electrons. The second-order valence-electron chi connectivity index (χ2n) is 6.01. The van der Waals surface area contributed by atoms with Crippen molar-refractivity contribution in [2.24, 2.45) is 0 Å². The highest BCUT2D eigenvalue weighted by Crippen LogP contribution is 2.21. The molecule has 10 heteroatoms. The van der Waals surface area contributed by atoms with Crippen molar-refractivity contribution in [1.82, 2.24) is 14.7 Å². The quantitative estimate of drug-likeness (QED) is 0.470. The summed E-state index contributed by atoms with van der Waals surface area (Å²) in [4.78, 5) is 19.9. The molecule has 150 valence electrons. The number of amides is 1. The lowest BCUT2D eigenvalue weighted by atomic mass is 10.2. The van der Waals surface area contributed by atoms with E-state index in [4.69, 9.17) is 0 Å². The molecule has 0 aliphatic rings. The molecule has 0 fully saturated rings. The highest BCUT2D eigenvalue weighted by Gasteiger charge is 2.10. The minimum atomic E-state index is -3.48. The van der Waals surface area contributed by atoms with Gasteiger partial charge in [0.05, 0.1) is 4.90 Å². The van der Waals surface area contributed by atoms with E-state index in [0.717, 1.165) is 5.69 Å². The second kappa shape index (κ2) is 8.67. The molecule has 0 saturated heterocycles. The van der Waals surface area contributed by atoms with Crippen LogP contribution >= 0.6 is 0 Å². The molecule has 4 N–H and O–H groups in total. The molecule has 0 spiro atoms. The van der Waals surface area contributed by atoms with Gasteiger partial charge in [0.25, 0.3) is 0 Å². The van der Waals surface area contributed by atoms with Gasteiger partial charge in [-0.3, -0.25) is 4.79 Å². The van der Waals surface area contributed by atoms with E-state index in [1.54, 1.807) is 42.6 Å². The number of rotatable bonds is 7. The smallest absolute Gasteiger partial charge is 0.240 e. The van der Waals surface area contributed by atoms with Crippen molar-refractivity contribution in [3.63, 3.8) is 0 Å². The van der Waals surface area contributed by atoms with Gasteiger partial charge in [-0.2, -0.15) is 4.98 Å². The Labute approximate surface area is 168 Å². The van der Waals surface area contributed by atoms with Crippen LogP contribution in [-0.4, -0.2) is 31.3 Å². The van der Waals surface area contributed by atoms with Crippen molar-refractivity contribution in [1.29, 1.82) is 0 Å². The largest absolute Gasteiger partial charge is 0.340 e. The van der Waals surface area contributed by atoms with Crippen molar-refractivity contribution in [2.75, 3.05) is 23.0 Å². The Morgan fingerprint density at radius 2 is 1.66 bits per heavy atom. The minimum Gasteiger partial charge on any atom is -0.340 e. The molecule has 0 atom stereocenters. The lowest BCUT2D eigenvalue weighted by Crippen LogP contribution is -2.18. The predicted molar refractivity (Wildman–Crippen MR) is 112 cm³/mol. The summed E-state index contributed by atoms with van der Waals surface area (Å²) in [5, 5.41) is 8.90. The van der Waals surface area contributed by atoms with Crippen LogP contribution in [0.5, 0.6) is 0 Å². The van der Waals surface area contributed by atoms with Crippen molar-refractivity contribution in [3.8, 4) is 0 Å². The average Bonchev–Trinajstić information content (AvgIpc) is 2.68. The standard InChI is InChI=1S/C19H20N6O3S/c1-13(26)22-15-4-3-5-16(12-15)24-19-21-11-10-18(25-19)23-14-6-8-17(9-7-14)29(27,28)20-2/h3-12,20H,1-2H3,(H,22,26)(H2,21,23,24,25). The van der Waals surface area contributed by atoms with Gasteiger partial charge in [-0.15, -0.1) is 0 Å². The van der Waals surface area contributed by atoms with E-state index in [0.29, 0.717) is 23.1 Å². The Kier molecular flexibility index (Phi) is 6.05. The molecule has 1 aromatic heterocycles. The Bertz CT molecular complexity index is 1120. The summed E-state index contributed by atoms with van der Waals surface area (Å²) in [7, 11) is -2.12. The van der Waals surface area contributed by atoms with Gasteiger partial charge in [-0.1, -0.05) is 6.07 Å². The van der Waals surface area contributed by atoms with Crippen LogP contribution in [0.25, 0.3) is 0 Å². The first-order valence-electron chi connectivity index (χ1n) is 8.64. The molecular weight excluding hydrogens is 392 g/mol. The lowest BCUT2D eigenvalue weighted by Gasteiger charge is -2.10. The normalized spacial score (nSPS) is 11.0. The number of nitrogens with one attached hydrogen (secondary N) is 4. The summed E-state index contributed by atoms with van der Waals surface area (Å²) >= 11 is 0. The molecule has 0 aliphatic carbocycles. The topological polar surface area (TPSA) is 125 Å². The molecule has 0 saturated carbocycles. The zero-order chi connectivity index (χ0) is 20.9. The third-order valence-electron chi connectivity index (χ3n) is 3.80. The van der Waals surface area contributed by atoms with Gasteiger partial charge >= 0.3 is 0 Å². The van der Waals surface area contributed by atoms with Crippen molar-refractivity contribution < 1.29 is 13.2 Å². The van der Waals surface area contributed by atoms with E-state index in [9.17, 15) is 13.2 Å². The maximum absolute atomic E-state index is 11.8. The summed E-state index contributed by atoms with van der Waals surface area (Å²) in [5.74, 6) is 0.743. The molecule has 3 rings (SSSR count). The first-order valence-corrected chi connectivity index (χ1v) is 10.1. The number of nitrogens with zero attached hydrogens (tertiary/aromatic N) is 2. The van der Waals surface area contributed by atoms with E-state index in [1.807, 2.05) is 6.07 Å². The Hall–Kier alpha value is -3.50. The van der Waals surface area contributed by atoms with Crippen LogP contribution in [0.1, 0.15) is 6.92 Å². The predicted octanol–water partition coefficient (Wildman–Crippen LogP) is 2.83. The van der Waals surface area contributed by atoms with E-state index in [1.165, 1.54) is 26.1 Å². The molecule has 1 heterocycles. The van der Waals surface area contributed by atoms with Crippen molar-refractivity contribution >= 4 is 44.8 Å². The van der Waals surface area contributed by atoms with E-state index < -0.39 is 10.0 Å². The molecule has 0 aliphatic heterocycles. The van der Waals surface area contributed by atoms with Crippen LogP contribution in [0.4, 0.5) is 28.8 Å². The fourth-order valence-corrected chi connectivity index (χ4v) is 3.21. The fourth-order valence-electron chi connectivity index (χ4n) is 2.48. The monoisotopic (exact) mass is 412 g/mol. The summed E-state index contributed by atoms with van der Waals surface area (Å²) in [6.45, 7) is 1.44. The molecule has 3 aromatic rings. The van der Waals surface area contributed by atoms with Crippen molar-refractivity contribution in [3.05, 3.63) is 60.8 Å². The summed E-state index contributed by atoms with van der Waals surface area (Å²) < 4.78 is 25.8. The Balaban J connectivity index is 1.72. The molecule has 2 aromatic carbocycles. The maximum Gasteiger partial charge on any atom is 0.240 e. The molecule has 1 amide bonds. The molecular formula is C19H20N6O3S. The molecule has 29 heavy (non-hydrogen) atoms. The van der Waals surface area contributed by atoms with Crippen molar-refractivity contribution in [2.45, 2.75) is 11.8 Å². The maximum atomic E-state index is 11.8. The molecule has 0 bridgehead atoms. The van der Waals surface area contributed by atoms with Gasteiger partial charge in [-0.05, 0) is 55.6 Å². The van der Waals surface area contributed by atoms with Gasteiger partial charge < -0.3 is 16.0 Å². The molecule has 9 nitrogen and oxygen atoms in total. The second-order valence-corrected chi connectivity index (χ2v) is 7.90. The van der Waals surface area contributed by atoms with Crippen LogP contribution in [0.15, 0.2) is 65.7 Å². The zero-order valence-corrected chi connectivity index (χ0v) is 16.6. The van der Waals surface area contributed by atoms with Crippen LogP contribution in [0.3, 0.4) is 0 Å². The SMILES string of the molecule is CNS(=O)(=O)c1ccc(Nc2ccnc(Nc3cccc(NC(C)=O)c3)n2)cc1. The summed E-state index contributed by atoms with van der Waals surface area (Å²) in [5.41, 5.74) is 2.06.